The van der Waals surface area contributed by atoms with Gasteiger partial charge >= 0.3 is 0 Å². The molecule has 1 saturated carbocycles. The normalized spacial score (nSPS) is 24.3. The van der Waals surface area contributed by atoms with Crippen molar-refractivity contribution in [3.05, 3.63) is 42.1 Å². The maximum atomic E-state index is 14.3. The van der Waals surface area contributed by atoms with E-state index in [1.807, 2.05) is 20.8 Å². The number of nitrogens with zero attached hydrogens (tertiary/aromatic N) is 6. The number of amides is 1. The number of hydrogen-bond acceptors (Lipinski definition) is 8. The Balaban J connectivity index is 0.990. The monoisotopic (exact) mass is 693 g/mol. The summed E-state index contributed by atoms with van der Waals surface area (Å²) < 4.78 is 75.1. The summed E-state index contributed by atoms with van der Waals surface area (Å²) in [7, 11) is -3.86. The van der Waals surface area contributed by atoms with Crippen LogP contribution in [0.15, 0.2) is 30.7 Å². The topological polar surface area (TPSA) is 111 Å². The average molecular weight is 694 g/mol. The van der Waals surface area contributed by atoms with E-state index in [4.69, 9.17) is 4.74 Å². The van der Waals surface area contributed by atoms with Crippen LogP contribution in [0.3, 0.4) is 0 Å². The van der Waals surface area contributed by atoms with E-state index in [0.717, 1.165) is 62.7 Å². The summed E-state index contributed by atoms with van der Waals surface area (Å²) in [5.41, 5.74) is 0.333. The van der Waals surface area contributed by atoms with Gasteiger partial charge in [0.1, 0.15) is 17.9 Å². The molecule has 1 spiro atoms. The molecule has 264 valence electrons. The van der Waals surface area contributed by atoms with Gasteiger partial charge in [-0.05, 0) is 96.5 Å². The van der Waals surface area contributed by atoms with Gasteiger partial charge in [0.2, 0.25) is 0 Å². The molecule has 1 N–H and O–H groups in total. The molecule has 11 nitrogen and oxygen atoms in total. The van der Waals surface area contributed by atoms with Gasteiger partial charge in [0.25, 0.3) is 22.0 Å². The highest BCUT2D eigenvalue weighted by atomic mass is 32.2. The fourth-order valence-corrected chi connectivity index (χ4v) is 9.11. The predicted molar refractivity (Wildman–Crippen MR) is 175 cm³/mol. The first-order valence-electron chi connectivity index (χ1n) is 17.0. The van der Waals surface area contributed by atoms with E-state index in [1.165, 1.54) is 24.5 Å². The van der Waals surface area contributed by atoms with E-state index in [9.17, 15) is 26.4 Å². The lowest BCUT2D eigenvalue weighted by atomic mass is 9.71. The summed E-state index contributed by atoms with van der Waals surface area (Å²) in [6.45, 7) is 9.33. The third-order valence-electron chi connectivity index (χ3n) is 10.4. The van der Waals surface area contributed by atoms with Gasteiger partial charge in [-0.2, -0.15) is 17.4 Å². The largest absolute Gasteiger partial charge is 0.451 e. The number of aromatic nitrogens is 2. The minimum absolute atomic E-state index is 0.0568. The van der Waals surface area contributed by atoms with Gasteiger partial charge in [0.15, 0.2) is 11.6 Å². The Morgan fingerprint density at radius 2 is 1.77 bits per heavy atom. The second kappa shape index (κ2) is 13.7. The van der Waals surface area contributed by atoms with Gasteiger partial charge in [0.05, 0.1) is 24.8 Å². The number of benzene rings is 1. The van der Waals surface area contributed by atoms with Crippen molar-refractivity contribution in [2.45, 2.75) is 77.3 Å². The smallest absolute Gasteiger partial charge is 0.280 e. The van der Waals surface area contributed by atoms with Gasteiger partial charge in [-0.25, -0.2) is 23.1 Å². The average Bonchev–Trinajstić information content (AvgIpc) is 3.01. The van der Waals surface area contributed by atoms with Crippen molar-refractivity contribution in [1.82, 2.24) is 28.8 Å². The van der Waals surface area contributed by atoms with E-state index in [-0.39, 0.29) is 34.7 Å². The van der Waals surface area contributed by atoms with E-state index in [1.54, 1.807) is 11.1 Å². The summed E-state index contributed by atoms with van der Waals surface area (Å²) >= 11 is 0. The van der Waals surface area contributed by atoms with Crippen LogP contribution in [0.25, 0.3) is 0 Å². The summed E-state index contributed by atoms with van der Waals surface area (Å²) in [5, 5.41) is 0. The maximum absolute atomic E-state index is 14.3. The molecule has 0 bridgehead atoms. The van der Waals surface area contributed by atoms with Crippen LogP contribution in [0.1, 0.15) is 69.7 Å². The van der Waals surface area contributed by atoms with Crippen LogP contribution in [0.5, 0.6) is 11.5 Å². The molecule has 4 aliphatic rings. The quantitative estimate of drug-likeness (QED) is 0.366. The maximum Gasteiger partial charge on any atom is 0.280 e. The molecule has 1 aromatic heterocycles. The molecule has 3 aliphatic heterocycles. The number of halogens is 3. The van der Waals surface area contributed by atoms with Crippen molar-refractivity contribution in [2.75, 3.05) is 57.3 Å². The molecular weight excluding hydrogens is 647 g/mol. The van der Waals surface area contributed by atoms with Crippen LogP contribution in [-0.2, 0) is 10.2 Å². The first-order valence-corrected chi connectivity index (χ1v) is 18.4. The standard InChI is InChI=1S/C33H46F3N7O4S/c1-4-43(23(2)3)31(44)27-15-25(34)7-10-28(27)47-29-16-37-22-38-30(29)41-18-32(19-41)11-13-40(14-12-32)17-24-5-8-26(9-6-24)39-48(45,46)42-20-33(35,36)21-42/h7,10,15-16,22-24,26,39H,4-6,8-9,11-14,17-21H2,1-3H3. The first-order chi connectivity index (χ1) is 22.8. The van der Waals surface area contributed by atoms with Crippen LogP contribution >= 0.6 is 0 Å². The van der Waals surface area contributed by atoms with Crippen molar-refractivity contribution < 1.29 is 31.1 Å². The number of piperidine rings is 1. The first kappa shape index (κ1) is 34.8. The summed E-state index contributed by atoms with van der Waals surface area (Å²) in [5.74, 6) is -1.93. The predicted octanol–water partition coefficient (Wildman–Crippen LogP) is 4.52. The minimum atomic E-state index is -3.86. The van der Waals surface area contributed by atoms with Crippen LogP contribution < -0.4 is 14.4 Å². The lowest BCUT2D eigenvalue weighted by molar-refractivity contribution is -0.0951. The second-order valence-corrected chi connectivity index (χ2v) is 16.0. The summed E-state index contributed by atoms with van der Waals surface area (Å²) in [6, 6.07) is 3.71. The Morgan fingerprint density at radius 1 is 1.08 bits per heavy atom. The molecule has 6 rings (SSSR count). The Labute approximate surface area is 281 Å². The van der Waals surface area contributed by atoms with Crippen molar-refractivity contribution in [3.63, 3.8) is 0 Å². The lowest BCUT2D eigenvalue weighted by Crippen LogP contribution is -2.62. The van der Waals surface area contributed by atoms with Crippen molar-refractivity contribution >= 4 is 21.9 Å². The number of carbonyl (C=O) groups excluding carboxylic acids is 1. The number of carbonyl (C=O) groups is 1. The lowest BCUT2D eigenvalue weighted by Gasteiger charge is -2.54. The summed E-state index contributed by atoms with van der Waals surface area (Å²) in [6.07, 6.45) is 8.41. The molecule has 0 unspecified atom stereocenters. The number of anilines is 1. The zero-order valence-electron chi connectivity index (χ0n) is 27.9. The van der Waals surface area contributed by atoms with Gasteiger partial charge in [-0.3, -0.25) is 4.79 Å². The fourth-order valence-electron chi connectivity index (χ4n) is 7.59. The molecule has 1 aromatic carbocycles. The van der Waals surface area contributed by atoms with Crippen molar-refractivity contribution in [3.8, 4) is 11.5 Å². The molecular formula is C33H46F3N7O4S. The molecule has 1 amide bonds. The number of likely N-dealkylation sites (tertiary alicyclic amines) is 1. The molecule has 15 heteroatoms. The SMILES string of the molecule is CCN(C(=O)c1cc(F)ccc1Oc1cncnc1N1CC2(CCN(CC3CCC(NS(=O)(=O)N4CC(F)(F)C4)CC3)CC2)C1)C(C)C. The Morgan fingerprint density at radius 3 is 2.40 bits per heavy atom. The molecule has 0 atom stereocenters. The van der Waals surface area contributed by atoms with Gasteiger partial charge in [-0.15, -0.1) is 0 Å². The van der Waals surface area contributed by atoms with E-state index >= 15 is 0 Å². The van der Waals surface area contributed by atoms with Crippen molar-refractivity contribution in [1.29, 1.82) is 0 Å². The highest BCUT2D eigenvalue weighted by Crippen LogP contribution is 2.45. The van der Waals surface area contributed by atoms with E-state index in [0.29, 0.717) is 36.9 Å². The third-order valence-corrected chi connectivity index (χ3v) is 11.9. The Bertz CT molecular complexity index is 1560. The van der Waals surface area contributed by atoms with E-state index in [2.05, 4.69) is 24.5 Å². The number of hydrogen-bond donors (Lipinski definition) is 1. The molecule has 0 radical (unpaired) electrons. The molecule has 4 heterocycles. The second-order valence-electron chi connectivity index (χ2n) is 14.3. The number of ether oxygens (including phenoxy) is 1. The number of nitrogens with one attached hydrogen (secondary N) is 1. The van der Waals surface area contributed by atoms with Gasteiger partial charge < -0.3 is 19.4 Å². The van der Waals surface area contributed by atoms with Gasteiger partial charge in [-0.1, -0.05) is 0 Å². The fraction of sp³-hybridized carbons (Fsp3) is 0.667. The third kappa shape index (κ3) is 7.58. The molecule has 48 heavy (non-hydrogen) atoms. The highest BCUT2D eigenvalue weighted by Gasteiger charge is 2.50. The number of alkyl halides is 2. The van der Waals surface area contributed by atoms with Gasteiger partial charge in [0, 0.05) is 43.7 Å². The minimum Gasteiger partial charge on any atom is -0.451 e. The highest BCUT2D eigenvalue weighted by molar-refractivity contribution is 7.87. The Kier molecular flexibility index (Phi) is 9.95. The zero-order chi connectivity index (χ0) is 34.3. The molecule has 4 fully saturated rings. The summed E-state index contributed by atoms with van der Waals surface area (Å²) in [4.78, 5) is 28.4. The molecule has 3 saturated heterocycles. The van der Waals surface area contributed by atoms with Crippen molar-refractivity contribution in [2.24, 2.45) is 11.3 Å². The van der Waals surface area contributed by atoms with Crippen LogP contribution in [0, 0.1) is 17.2 Å². The van der Waals surface area contributed by atoms with Crippen LogP contribution in [-0.4, -0.2) is 109 Å². The number of rotatable bonds is 11. The van der Waals surface area contributed by atoms with Crippen LogP contribution in [0.4, 0.5) is 19.0 Å². The van der Waals surface area contributed by atoms with Crippen LogP contribution in [0.2, 0.25) is 0 Å². The zero-order valence-corrected chi connectivity index (χ0v) is 28.7. The van der Waals surface area contributed by atoms with E-state index < -0.39 is 35.0 Å². The molecule has 2 aromatic rings. The molecule has 1 aliphatic carbocycles. The Hall–Kier alpha value is -3.01.